The molecule has 2 nitrogen and oxygen atoms in total. The molecule has 0 aliphatic heterocycles. The molecule has 0 atom stereocenters. The average Bonchev–Trinajstić information content (AvgIpc) is 2.24. The SMILES string of the molecule is CC(C)N(CC(F)(F)F)c1cc(Cl)ccc1C=O. The van der Waals surface area contributed by atoms with Crippen LogP contribution in [0.4, 0.5) is 18.9 Å². The lowest BCUT2D eigenvalue weighted by Gasteiger charge is -2.31. The number of rotatable bonds is 4. The van der Waals surface area contributed by atoms with E-state index in [0.717, 1.165) is 4.90 Å². The summed E-state index contributed by atoms with van der Waals surface area (Å²) >= 11 is 5.77. The Kier molecular flexibility index (Phi) is 4.62. The number of hydrogen-bond acceptors (Lipinski definition) is 2. The molecule has 0 aromatic heterocycles. The third kappa shape index (κ3) is 3.91. The summed E-state index contributed by atoms with van der Waals surface area (Å²) in [7, 11) is 0. The van der Waals surface area contributed by atoms with Gasteiger partial charge in [-0.15, -0.1) is 0 Å². The number of nitrogens with zero attached hydrogens (tertiary/aromatic N) is 1. The first-order valence-corrected chi connectivity index (χ1v) is 5.70. The van der Waals surface area contributed by atoms with Crippen LogP contribution >= 0.6 is 11.6 Å². The second kappa shape index (κ2) is 5.61. The van der Waals surface area contributed by atoms with Crippen molar-refractivity contribution in [3.63, 3.8) is 0 Å². The molecule has 6 heteroatoms. The molecule has 0 bridgehead atoms. The fourth-order valence-corrected chi connectivity index (χ4v) is 1.77. The van der Waals surface area contributed by atoms with Crippen LogP contribution in [-0.4, -0.2) is 25.0 Å². The summed E-state index contributed by atoms with van der Waals surface area (Å²) in [5.41, 5.74) is 0.391. The molecule has 0 saturated heterocycles. The fraction of sp³-hybridized carbons (Fsp3) is 0.417. The van der Waals surface area contributed by atoms with Crippen molar-refractivity contribution in [2.75, 3.05) is 11.4 Å². The van der Waals surface area contributed by atoms with E-state index in [4.69, 9.17) is 11.6 Å². The predicted molar refractivity (Wildman–Crippen MR) is 65.4 cm³/mol. The normalized spacial score (nSPS) is 11.7. The Bertz CT molecular complexity index is 432. The molecule has 0 spiro atoms. The van der Waals surface area contributed by atoms with Gasteiger partial charge < -0.3 is 4.90 Å². The van der Waals surface area contributed by atoms with Crippen molar-refractivity contribution in [3.8, 4) is 0 Å². The first kappa shape index (κ1) is 14.8. The summed E-state index contributed by atoms with van der Waals surface area (Å²) in [6, 6.07) is 3.86. The number of benzene rings is 1. The van der Waals surface area contributed by atoms with E-state index in [1.54, 1.807) is 13.8 Å². The van der Waals surface area contributed by atoms with Crippen LogP contribution in [0.1, 0.15) is 24.2 Å². The van der Waals surface area contributed by atoms with Crippen LogP contribution in [0.2, 0.25) is 5.02 Å². The highest BCUT2D eigenvalue weighted by molar-refractivity contribution is 6.31. The summed E-state index contributed by atoms with van der Waals surface area (Å²) in [6.45, 7) is 2.13. The smallest absolute Gasteiger partial charge is 0.359 e. The number of hydrogen-bond donors (Lipinski definition) is 0. The van der Waals surface area contributed by atoms with Crippen molar-refractivity contribution in [1.82, 2.24) is 0 Å². The van der Waals surface area contributed by atoms with Crippen molar-refractivity contribution in [3.05, 3.63) is 28.8 Å². The van der Waals surface area contributed by atoms with Crippen LogP contribution in [0, 0.1) is 0 Å². The van der Waals surface area contributed by atoms with E-state index >= 15 is 0 Å². The van der Waals surface area contributed by atoms with E-state index in [0.29, 0.717) is 11.3 Å². The molecule has 0 unspecified atom stereocenters. The Morgan fingerprint density at radius 2 is 2.00 bits per heavy atom. The zero-order valence-corrected chi connectivity index (χ0v) is 10.7. The number of carbonyl (C=O) groups is 1. The van der Waals surface area contributed by atoms with E-state index in [9.17, 15) is 18.0 Å². The average molecular weight is 280 g/mol. The first-order valence-electron chi connectivity index (χ1n) is 5.32. The summed E-state index contributed by atoms with van der Waals surface area (Å²) in [4.78, 5) is 12.0. The lowest BCUT2D eigenvalue weighted by Crippen LogP contribution is -2.39. The molecule has 0 fully saturated rings. The largest absolute Gasteiger partial charge is 0.405 e. The van der Waals surface area contributed by atoms with Crippen LogP contribution in [0.15, 0.2) is 18.2 Å². The van der Waals surface area contributed by atoms with Gasteiger partial charge in [-0.2, -0.15) is 13.2 Å². The first-order chi connectivity index (χ1) is 8.24. The van der Waals surface area contributed by atoms with Crippen LogP contribution in [0.3, 0.4) is 0 Å². The van der Waals surface area contributed by atoms with Gasteiger partial charge in [-0.1, -0.05) is 11.6 Å². The summed E-state index contributed by atoms with van der Waals surface area (Å²) in [5.74, 6) is 0. The number of halogens is 4. The van der Waals surface area contributed by atoms with Crippen molar-refractivity contribution in [2.45, 2.75) is 26.1 Å². The molecule has 100 valence electrons. The number of aldehydes is 1. The minimum Gasteiger partial charge on any atom is -0.359 e. The van der Waals surface area contributed by atoms with E-state index in [1.807, 2.05) is 0 Å². The van der Waals surface area contributed by atoms with Gasteiger partial charge in [0.1, 0.15) is 6.54 Å². The van der Waals surface area contributed by atoms with Crippen molar-refractivity contribution in [1.29, 1.82) is 0 Å². The van der Waals surface area contributed by atoms with E-state index in [-0.39, 0.29) is 11.3 Å². The van der Waals surface area contributed by atoms with Crippen molar-refractivity contribution >= 4 is 23.6 Å². The number of alkyl halides is 3. The third-order valence-electron chi connectivity index (χ3n) is 2.40. The fourth-order valence-electron chi connectivity index (χ4n) is 1.60. The summed E-state index contributed by atoms with van der Waals surface area (Å²) in [5, 5.41) is 0.295. The lowest BCUT2D eigenvalue weighted by molar-refractivity contribution is -0.120. The molecule has 0 heterocycles. The topological polar surface area (TPSA) is 20.3 Å². The van der Waals surface area contributed by atoms with Gasteiger partial charge in [0.05, 0.1) is 0 Å². The minimum atomic E-state index is -4.34. The zero-order valence-electron chi connectivity index (χ0n) is 9.96. The van der Waals surface area contributed by atoms with E-state index in [1.165, 1.54) is 18.2 Å². The van der Waals surface area contributed by atoms with Crippen LogP contribution in [0.25, 0.3) is 0 Å². The molecule has 0 radical (unpaired) electrons. The zero-order chi connectivity index (χ0) is 13.9. The number of anilines is 1. The van der Waals surface area contributed by atoms with E-state index in [2.05, 4.69) is 0 Å². The Hall–Kier alpha value is -1.23. The summed E-state index contributed by atoms with van der Waals surface area (Å²) < 4.78 is 37.6. The van der Waals surface area contributed by atoms with Gasteiger partial charge >= 0.3 is 6.18 Å². The van der Waals surface area contributed by atoms with Crippen molar-refractivity contribution < 1.29 is 18.0 Å². The van der Waals surface area contributed by atoms with Gasteiger partial charge in [0.15, 0.2) is 6.29 Å². The maximum absolute atomic E-state index is 12.5. The highest BCUT2D eigenvalue weighted by Gasteiger charge is 2.32. The maximum Gasteiger partial charge on any atom is 0.405 e. The Labute approximate surface area is 108 Å². The highest BCUT2D eigenvalue weighted by atomic mass is 35.5. The molecule has 1 rings (SSSR count). The van der Waals surface area contributed by atoms with Gasteiger partial charge in [0, 0.05) is 22.3 Å². The number of carbonyl (C=O) groups excluding carboxylic acids is 1. The molecule has 0 amide bonds. The van der Waals surface area contributed by atoms with E-state index < -0.39 is 18.8 Å². The van der Waals surface area contributed by atoms with Gasteiger partial charge in [0.25, 0.3) is 0 Å². The van der Waals surface area contributed by atoms with Gasteiger partial charge in [-0.05, 0) is 32.0 Å². The Morgan fingerprint density at radius 3 is 2.44 bits per heavy atom. The minimum absolute atomic E-state index is 0.192. The molecule has 0 saturated carbocycles. The van der Waals surface area contributed by atoms with Crippen LogP contribution in [-0.2, 0) is 0 Å². The monoisotopic (exact) mass is 279 g/mol. The molecule has 1 aromatic carbocycles. The molecular weight excluding hydrogens is 267 g/mol. The second-order valence-electron chi connectivity index (χ2n) is 4.16. The quantitative estimate of drug-likeness (QED) is 0.778. The highest BCUT2D eigenvalue weighted by Crippen LogP contribution is 2.28. The molecule has 1 aromatic rings. The summed E-state index contributed by atoms with van der Waals surface area (Å²) in [6.07, 6.45) is -3.82. The van der Waals surface area contributed by atoms with Gasteiger partial charge in [-0.3, -0.25) is 4.79 Å². The van der Waals surface area contributed by atoms with Crippen LogP contribution in [0.5, 0.6) is 0 Å². The molecule has 0 aliphatic rings. The van der Waals surface area contributed by atoms with Gasteiger partial charge in [0.2, 0.25) is 0 Å². The molecular formula is C12H13ClF3NO. The third-order valence-corrected chi connectivity index (χ3v) is 2.64. The van der Waals surface area contributed by atoms with Gasteiger partial charge in [-0.25, -0.2) is 0 Å². The maximum atomic E-state index is 12.5. The standard InChI is InChI=1S/C12H13ClF3NO/c1-8(2)17(7-12(14,15)16)11-5-10(13)4-3-9(11)6-18/h3-6,8H,7H2,1-2H3. The second-order valence-corrected chi connectivity index (χ2v) is 4.59. The van der Waals surface area contributed by atoms with Crippen LogP contribution < -0.4 is 4.90 Å². The molecule has 0 N–H and O–H groups in total. The molecule has 18 heavy (non-hydrogen) atoms. The lowest BCUT2D eigenvalue weighted by atomic mass is 10.1. The van der Waals surface area contributed by atoms with Crippen molar-refractivity contribution in [2.24, 2.45) is 0 Å². The molecule has 0 aliphatic carbocycles. The Morgan fingerprint density at radius 1 is 1.39 bits per heavy atom. The Balaban J connectivity index is 3.20. The predicted octanol–water partition coefficient (Wildman–Crippen LogP) is 3.93.